The maximum Gasteiger partial charge on any atom is 0.145 e. The molecule has 1 N–H and O–H groups in total. The normalized spacial score (nSPS) is 18.9. The van der Waals surface area contributed by atoms with Gasteiger partial charge in [0, 0.05) is 24.6 Å². The molecule has 1 aliphatic rings. The number of aromatic nitrogens is 1. The largest absolute Gasteiger partial charge is 0.494 e. The Morgan fingerprint density at radius 1 is 1.37 bits per heavy atom. The fourth-order valence-corrected chi connectivity index (χ4v) is 2.37. The zero-order valence-corrected chi connectivity index (χ0v) is 11.1. The van der Waals surface area contributed by atoms with E-state index in [1.807, 2.05) is 18.2 Å². The van der Waals surface area contributed by atoms with Crippen LogP contribution in [-0.4, -0.2) is 31.3 Å². The Morgan fingerprint density at radius 3 is 3.11 bits per heavy atom. The number of ether oxygens (including phenoxy) is 2. The highest BCUT2D eigenvalue weighted by atomic mass is 16.5. The number of fused-ring (bicyclic) bond motifs is 1. The van der Waals surface area contributed by atoms with Crippen molar-refractivity contribution in [1.29, 1.82) is 0 Å². The second kappa shape index (κ2) is 5.55. The van der Waals surface area contributed by atoms with E-state index < -0.39 is 0 Å². The highest BCUT2D eigenvalue weighted by Crippen LogP contribution is 2.23. The molecule has 1 atom stereocenters. The maximum absolute atomic E-state index is 5.36. The second-order valence-corrected chi connectivity index (χ2v) is 4.78. The third-order valence-electron chi connectivity index (χ3n) is 3.46. The van der Waals surface area contributed by atoms with Gasteiger partial charge >= 0.3 is 0 Å². The van der Waals surface area contributed by atoms with E-state index in [-0.39, 0.29) is 0 Å². The number of methoxy groups -OCH3 is 1. The molecule has 0 radical (unpaired) electrons. The zero-order chi connectivity index (χ0) is 13.1. The van der Waals surface area contributed by atoms with E-state index in [2.05, 4.69) is 22.4 Å². The Bertz CT molecular complexity index is 565. The predicted octanol–water partition coefficient (Wildman–Crippen LogP) is 2.12. The number of pyridine rings is 1. The number of nitrogens with one attached hydrogen (secondary N) is 1. The number of hydrogen-bond acceptors (Lipinski definition) is 4. The summed E-state index contributed by atoms with van der Waals surface area (Å²) < 4.78 is 10.7. The molecule has 4 heteroatoms. The molecule has 0 aliphatic carbocycles. The summed E-state index contributed by atoms with van der Waals surface area (Å²) in [6, 6.07) is 10.6. The van der Waals surface area contributed by atoms with Crippen LogP contribution in [0.5, 0.6) is 5.75 Å². The highest BCUT2D eigenvalue weighted by molar-refractivity contribution is 5.84. The van der Waals surface area contributed by atoms with Gasteiger partial charge in [-0.3, -0.25) is 0 Å². The first kappa shape index (κ1) is 12.4. The van der Waals surface area contributed by atoms with Crippen molar-refractivity contribution in [3.63, 3.8) is 0 Å². The van der Waals surface area contributed by atoms with Gasteiger partial charge in [-0.15, -0.1) is 0 Å². The minimum absolute atomic E-state index is 0.454. The van der Waals surface area contributed by atoms with Crippen molar-refractivity contribution in [2.75, 3.05) is 20.3 Å². The molecule has 2 heterocycles. The lowest BCUT2D eigenvalue weighted by Crippen LogP contribution is -2.28. The van der Waals surface area contributed by atoms with Gasteiger partial charge in [0.1, 0.15) is 11.3 Å². The van der Waals surface area contributed by atoms with Crippen LogP contribution >= 0.6 is 0 Å². The van der Waals surface area contributed by atoms with Crippen molar-refractivity contribution >= 4 is 10.9 Å². The van der Waals surface area contributed by atoms with Crippen LogP contribution in [-0.2, 0) is 11.3 Å². The van der Waals surface area contributed by atoms with E-state index in [4.69, 9.17) is 9.47 Å². The molecule has 0 spiro atoms. The summed E-state index contributed by atoms with van der Waals surface area (Å²) in [5, 5.41) is 4.58. The molecule has 2 aromatic rings. The van der Waals surface area contributed by atoms with Crippen LogP contribution in [0.25, 0.3) is 10.9 Å². The predicted molar refractivity (Wildman–Crippen MR) is 74.4 cm³/mol. The average Bonchev–Trinajstić information content (AvgIpc) is 2.97. The molecule has 0 saturated carbocycles. The van der Waals surface area contributed by atoms with Gasteiger partial charge in [0.15, 0.2) is 0 Å². The van der Waals surface area contributed by atoms with Crippen LogP contribution < -0.4 is 10.1 Å². The molecule has 0 amide bonds. The Morgan fingerprint density at radius 2 is 2.32 bits per heavy atom. The fraction of sp³-hybridized carbons (Fsp3) is 0.400. The van der Waals surface area contributed by atoms with Crippen molar-refractivity contribution in [3.8, 4) is 5.75 Å². The molecule has 3 rings (SSSR count). The van der Waals surface area contributed by atoms with Crippen molar-refractivity contribution < 1.29 is 9.47 Å². The summed E-state index contributed by atoms with van der Waals surface area (Å²) in [7, 11) is 1.68. The van der Waals surface area contributed by atoms with Crippen LogP contribution in [0, 0.1) is 0 Å². The lowest BCUT2D eigenvalue weighted by Gasteiger charge is -2.11. The van der Waals surface area contributed by atoms with Gasteiger partial charge in [-0.05, 0) is 18.6 Å². The topological polar surface area (TPSA) is 43.4 Å². The van der Waals surface area contributed by atoms with Crippen molar-refractivity contribution in [3.05, 3.63) is 36.0 Å². The van der Waals surface area contributed by atoms with Crippen LogP contribution in [0.2, 0.25) is 0 Å². The van der Waals surface area contributed by atoms with Crippen LogP contribution in [0.1, 0.15) is 12.1 Å². The SMILES string of the molecule is COc1cccc2ccc(CNC3CCOC3)nc12. The Hall–Kier alpha value is -1.65. The van der Waals surface area contributed by atoms with Crippen molar-refractivity contribution in [2.24, 2.45) is 0 Å². The molecule has 100 valence electrons. The monoisotopic (exact) mass is 258 g/mol. The minimum atomic E-state index is 0.454. The third-order valence-corrected chi connectivity index (χ3v) is 3.46. The average molecular weight is 258 g/mol. The molecule has 1 unspecified atom stereocenters. The first-order valence-corrected chi connectivity index (χ1v) is 6.60. The van der Waals surface area contributed by atoms with Gasteiger partial charge in [-0.2, -0.15) is 0 Å². The maximum atomic E-state index is 5.36. The third kappa shape index (κ3) is 2.69. The van der Waals surface area contributed by atoms with Crippen molar-refractivity contribution in [2.45, 2.75) is 19.0 Å². The first-order valence-electron chi connectivity index (χ1n) is 6.60. The number of nitrogens with zero attached hydrogens (tertiary/aromatic N) is 1. The van der Waals surface area contributed by atoms with E-state index in [9.17, 15) is 0 Å². The molecule has 1 aromatic heterocycles. The minimum Gasteiger partial charge on any atom is -0.494 e. The lowest BCUT2D eigenvalue weighted by atomic mass is 10.2. The first-order chi connectivity index (χ1) is 9.36. The quantitative estimate of drug-likeness (QED) is 0.912. The van der Waals surface area contributed by atoms with Gasteiger partial charge in [0.05, 0.1) is 19.4 Å². The molecule has 1 saturated heterocycles. The summed E-state index contributed by atoms with van der Waals surface area (Å²) in [6.07, 6.45) is 1.08. The summed E-state index contributed by atoms with van der Waals surface area (Å²) in [5.41, 5.74) is 1.95. The summed E-state index contributed by atoms with van der Waals surface area (Å²) in [6.45, 7) is 2.43. The van der Waals surface area contributed by atoms with E-state index in [0.29, 0.717) is 6.04 Å². The molecule has 0 bridgehead atoms. The van der Waals surface area contributed by atoms with Crippen LogP contribution in [0.4, 0.5) is 0 Å². The number of benzene rings is 1. The Labute approximate surface area is 112 Å². The van der Waals surface area contributed by atoms with Gasteiger partial charge in [-0.25, -0.2) is 4.98 Å². The zero-order valence-electron chi connectivity index (χ0n) is 11.1. The lowest BCUT2D eigenvalue weighted by molar-refractivity contribution is 0.189. The molecular formula is C15H18N2O2. The smallest absolute Gasteiger partial charge is 0.145 e. The molecule has 1 fully saturated rings. The second-order valence-electron chi connectivity index (χ2n) is 4.78. The number of para-hydroxylation sites is 1. The van der Waals surface area contributed by atoms with E-state index in [0.717, 1.165) is 48.5 Å². The summed E-state index contributed by atoms with van der Waals surface area (Å²) in [4.78, 5) is 4.68. The summed E-state index contributed by atoms with van der Waals surface area (Å²) >= 11 is 0. The number of rotatable bonds is 4. The van der Waals surface area contributed by atoms with Crippen molar-refractivity contribution in [1.82, 2.24) is 10.3 Å². The van der Waals surface area contributed by atoms with Gasteiger partial charge in [0.25, 0.3) is 0 Å². The molecule has 4 nitrogen and oxygen atoms in total. The Kier molecular flexibility index (Phi) is 3.62. The van der Waals surface area contributed by atoms with Crippen LogP contribution in [0.15, 0.2) is 30.3 Å². The highest BCUT2D eigenvalue weighted by Gasteiger charge is 2.14. The molecule has 19 heavy (non-hydrogen) atoms. The number of hydrogen-bond donors (Lipinski definition) is 1. The Balaban J connectivity index is 1.80. The van der Waals surface area contributed by atoms with Gasteiger partial charge in [-0.1, -0.05) is 18.2 Å². The van der Waals surface area contributed by atoms with Crippen LogP contribution in [0.3, 0.4) is 0 Å². The molecular weight excluding hydrogens is 240 g/mol. The van der Waals surface area contributed by atoms with E-state index in [1.54, 1.807) is 7.11 Å². The standard InChI is InChI=1S/C15H18N2O2/c1-18-14-4-2-3-11-5-6-12(17-15(11)14)9-16-13-7-8-19-10-13/h2-6,13,16H,7-10H2,1H3. The summed E-state index contributed by atoms with van der Waals surface area (Å²) in [5.74, 6) is 0.823. The molecule has 1 aromatic carbocycles. The van der Waals surface area contributed by atoms with Gasteiger partial charge < -0.3 is 14.8 Å². The van der Waals surface area contributed by atoms with E-state index in [1.165, 1.54) is 0 Å². The van der Waals surface area contributed by atoms with E-state index >= 15 is 0 Å². The fourth-order valence-electron chi connectivity index (χ4n) is 2.37. The van der Waals surface area contributed by atoms with Gasteiger partial charge in [0.2, 0.25) is 0 Å². The molecule has 1 aliphatic heterocycles.